The van der Waals surface area contributed by atoms with Gasteiger partial charge >= 0.3 is 5.97 Å². The van der Waals surface area contributed by atoms with Crippen molar-refractivity contribution >= 4 is 17.3 Å². The largest absolute Gasteiger partial charge is 0.478 e. The van der Waals surface area contributed by atoms with Crippen molar-refractivity contribution in [3.05, 3.63) is 46.8 Å². The molecule has 3 aromatic rings. The van der Waals surface area contributed by atoms with Crippen LogP contribution in [0.2, 0.25) is 0 Å². The summed E-state index contributed by atoms with van der Waals surface area (Å²) in [6.45, 7) is 2.01. The van der Waals surface area contributed by atoms with Gasteiger partial charge in [-0.25, -0.2) is 4.79 Å². The maximum Gasteiger partial charge on any atom is 0.335 e. The smallest absolute Gasteiger partial charge is 0.335 e. The number of rotatable bonds is 3. The third kappa shape index (κ3) is 2.33. The Balaban J connectivity index is 1.91. The standard InChI is InChI=1S/C14H10N2O3S/c1-8-2-7-11(20-8)13-16-15-12(19-13)9-3-5-10(6-4-9)14(17)18/h2-7H,1H3,(H,17,18). The molecule has 3 rings (SSSR count). The number of thiophene rings is 1. The molecular weight excluding hydrogens is 276 g/mol. The van der Waals surface area contributed by atoms with Crippen LogP contribution in [0.1, 0.15) is 15.2 Å². The fourth-order valence-corrected chi connectivity index (χ4v) is 2.53. The molecule has 0 fully saturated rings. The molecule has 0 saturated carbocycles. The maximum atomic E-state index is 10.8. The lowest BCUT2D eigenvalue weighted by Gasteiger charge is -1.96. The monoisotopic (exact) mass is 286 g/mol. The van der Waals surface area contributed by atoms with Crippen LogP contribution in [-0.2, 0) is 0 Å². The minimum atomic E-state index is -0.961. The second-order valence-electron chi connectivity index (χ2n) is 4.21. The van der Waals surface area contributed by atoms with E-state index in [1.165, 1.54) is 17.0 Å². The van der Waals surface area contributed by atoms with Gasteiger partial charge in [0.15, 0.2) is 0 Å². The fraction of sp³-hybridized carbons (Fsp3) is 0.0714. The van der Waals surface area contributed by atoms with E-state index in [4.69, 9.17) is 9.52 Å². The predicted molar refractivity (Wildman–Crippen MR) is 74.7 cm³/mol. The van der Waals surface area contributed by atoms with E-state index >= 15 is 0 Å². The Morgan fingerprint density at radius 3 is 2.40 bits per heavy atom. The molecule has 5 nitrogen and oxygen atoms in total. The van der Waals surface area contributed by atoms with Gasteiger partial charge in [-0.15, -0.1) is 21.5 Å². The lowest BCUT2D eigenvalue weighted by molar-refractivity contribution is 0.0697. The summed E-state index contributed by atoms with van der Waals surface area (Å²) in [7, 11) is 0. The van der Waals surface area contributed by atoms with Crippen LogP contribution in [0.5, 0.6) is 0 Å². The highest BCUT2D eigenvalue weighted by Gasteiger charge is 2.12. The zero-order valence-corrected chi connectivity index (χ0v) is 11.3. The van der Waals surface area contributed by atoms with Gasteiger partial charge in [0.25, 0.3) is 5.89 Å². The van der Waals surface area contributed by atoms with E-state index in [0.29, 0.717) is 17.3 Å². The zero-order valence-electron chi connectivity index (χ0n) is 10.5. The molecule has 0 saturated heterocycles. The molecule has 0 aliphatic rings. The SMILES string of the molecule is Cc1ccc(-c2nnc(-c3ccc(C(=O)O)cc3)o2)s1. The Bertz CT molecular complexity index is 759. The minimum absolute atomic E-state index is 0.224. The van der Waals surface area contributed by atoms with Crippen molar-refractivity contribution in [2.24, 2.45) is 0 Å². The quantitative estimate of drug-likeness (QED) is 0.797. The molecule has 100 valence electrons. The number of benzene rings is 1. The highest BCUT2D eigenvalue weighted by Crippen LogP contribution is 2.29. The number of aromatic carboxylic acids is 1. The number of carboxylic acid groups (broad SMARTS) is 1. The Kier molecular flexibility index (Phi) is 3.08. The van der Waals surface area contributed by atoms with Crippen molar-refractivity contribution in [3.8, 4) is 22.2 Å². The van der Waals surface area contributed by atoms with Gasteiger partial charge in [-0.05, 0) is 43.3 Å². The summed E-state index contributed by atoms with van der Waals surface area (Å²) in [5.41, 5.74) is 0.921. The summed E-state index contributed by atoms with van der Waals surface area (Å²) >= 11 is 1.58. The third-order valence-electron chi connectivity index (χ3n) is 2.75. The van der Waals surface area contributed by atoms with Gasteiger partial charge in [0.05, 0.1) is 10.4 Å². The van der Waals surface area contributed by atoms with Crippen molar-refractivity contribution in [2.75, 3.05) is 0 Å². The molecule has 0 aliphatic heterocycles. The van der Waals surface area contributed by atoms with Gasteiger partial charge in [-0.1, -0.05) is 0 Å². The second kappa shape index (κ2) is 4.90. The van der Waals surface area contributed by atoms with Gasteiger partial charge < -0.3 is 9.52 Å². The first kappa shape index (κ1) is 12.6. The van der Waals surface area contributed by atoms with Crippen LogP contribution in [0.3, 0.4) is 0 Å². The van der Waals surface area contributed by atoms with E-state index in [-0.39, 0.29) is 5.56 Å². The minimum Gasteiger partial charge on any atom is -0.478 e. The summed E-state index contributed by atoms with van der Waals surface area (Å²) in [6, 6.07) is 10.3. The number of hydrogen-bond donors (Lipinski definition) is 1. The molecule has 0 spiro atoms. The van der Waals surface area contributed by atoms with Gasteiger partial charge in [0, 0.05) is 10.4 Å². The van der Waals surface area contributed by atoms with E-state index in [2.05, 4.69) is 10.2 Å². The third-order valence-corrected chi connectivity index (χ3v) is 3.74. The van der Waals surface area contributed by atoms with Crippen LogP contribution >= 0.6 is 11.3 Å². The van der Waals surface area contributed by atoms with Crippen LogP contribution < -0.4 is 0 Å². The molecule has 0 amide bonds. The average Bonchev–Trinajstić information content (AvgIpc) is 3.07. The first-order chi connectivity index (χ1) is 9.63. The average molecular weight is 286 g/mol. The normalized spacial score (nSPS) is 10.7. The Morgan fingerprint density at radius 1 is 1.10 bits per heavy atom. The van der Waals surface area contributed by atoms with Crippen molar-refractivity contribution in [2.45, 2.75) is 6.92 Å². The summed E-state index contributed by atoms with van der Waals surface area (Å²) in [4.78, 5) is 12.9. The topological polar surface area (TPSA) is 76.2 Å². The lowest BCUT2D eigenvalue weighted by Crippen LogP contribution is -1.94. The van der Waals surface area contributed by atoms with E-state index in [1.54, 1.807) is 23.5 Å². The molecule has 1 aromatic carbocycles. The summed E-state index contributed by atoms with van der Waals surface area (Å²) in [5.74, 6) is -0.111. The van der Waals surface area contributed by atoms with Crippen molar-refractivity contribution < 1.29 is 14.3 Å². The highest BCUT2D eigenvalue weighted by atomic mass is 32.1. The summed E-state index contributed by atoms with van der Waals surface area (Å²) in [5, 5.41) is 16.9. The van der Waals surface area contributed by atoms with Gasteiger partial charge in [-0.3, -0.25) is 0 Å². The number of aromatic nitrogens is 2. The molecule has 0 radical (unpaired) electrons. The van der Waals surface area contributed by atoms with E-state index in [9.17, 15) is 4.79 Å². The van der Waals surface area contributed by atoms with Crippen LogP contribution in [0.4, 0.5) is 0 Å². The van der Waals surface area contributed by atoms with Crippen molar-refractivity contribution in [1.82, 2.24) is 10.2 Å². The van der Waals surface area contributed by atoms with Crippen LogP contribution in [0.15, 0.2) is 40.8 Å². The first-order valence-electron chi connectivity index (χ1n) is 5.87. The summed E-state index contributed by atoms with van der Waals surface area (Å²) < 4.78 is 5.61. The van der Waals surface area contributed by atoms with Crippen molar-refractivity contribution in [1.29, 1.82) is 0 Å². The molecule has 2 heterocycles. The fourth-order valence-electron chi connectivity index (χ4n) is 1.74. The van der Waals surface area contributed by atoms with Crippen molar-refractivity contribution in [3.63, 3.8) is 0 Å². The molecule has 2 aromatic heterocycles. The molecule has 20 heavy (non-hydrogen) atoms. The number of hydrogen-bond acceptors (Lipinski definition) is 5. The Morgan fingerprint density at radius 2 is 1.80 bits per heavy atom. The molecule has 0 aliphatic carbocycles. The van der Waals surface area contributed by atoms with E-state index in [1.807, 2.05) is 19.1 Å². The molecule has 6 heteroatoms. The molecular formula is C14H10N2O3S. The second-order valence-corrected chi connectivity index (χ2v) is 5.49. The predicted octanol–water partition coefficient (Wildman–Crippen LogP) is 3.47. The number of carbonyl (C=O) groups is 1. The van der Waals surface area contributed by atoms with E-state index in [0.717, 1.165) is 4.88 Å². The molecule has 1 N–H and O–H groups in total. The van der Waals surface area contributed by atoms with Gasteiger partial charge in [0.2, 0.25) is 5.89 Å². The van der Waals surface area contributed by atoms with Crippen LogP contribution in [0, 0.1) is 6.92 Å². The molecule has 0 bridgehead atoms. The Hall–Kier alpha value is -2.47. The number of nitrogens with zero attached hydrogens (tertiary/aromatic N) is 2. The van der Waals surface area contributed by atoms with Gasteiger partial charge in [0.1, 0.15) is 0 Å². The molecule has 0 atom stereocenters. The zero-order chi connectivity index (χ0) is 14.1. The van der Waals surface area contributed by atoms with Gasteiger partial charge in [-0.2, -0.15) is 0 Å². The number of aryl methyl sites for hydroxylation is 1. The van der Waals surface area contributed by atoms with E-state index < -0.39 is 5.97 Å². The first-order valence-corrected chi connectivity index (χ1v) is 6.69. The summed E-state index contributed by atoms with van der Waals surface area (Å²) in [6.07, 6.45) is 0. The Labute approximate surface area is 118 Å². The number of carboxylic acids is 1. The molecule has 0 unspecified atom stereocenters. The van der Waals surface area contributed by atoms with Crippen LogP contribution in [0.25, 0.3) is 22.2 Å². The maximum absolute atomic E-state index is 10.8. The lowest BCUT2D eigenvalue weighted by atomic mass is 10.1. The van der Waals surface area contributed by atoms with Crippen LogP contribution in [-0.4, -0.2) is 21.3 Å². The highest BCUT2D eigenvalue weighted by molar-refractivity contribution is 7.15.